The molecule has 0 fully saturated rings. The van der Waals surface area contributed by atoms with Crippen molar-refractivity contribution in [3.63, 3.8) is 0 Å². The van der Waals surface area contributed by atoms with E-state index in [1.54, 1.807) is 36.0 Å². The topological polar surface area (TPSA) is 97.4 Å². The number of aromatic nitrogens is 1. The molecule has 33 heavy (non-hydrogen) atoms. The molecule has 2 amide bonds. The average Bonchev–Trinajstić information content (AvgIpc) is 3.48. The SMILES string of the molecule is Cc1noc(C)c1CSc1ccccc1C(=O)NCc1ccc(NC(=O)c2ccco2)cc1. The van der Waals surface area contributed by atoms with Gasteiger partial charge in [-0.2, -0.15) is 0 Å². The third-order valence-corrected chi connectivity index (χ3v) is 6.19. The molecule has 0 spiro atoms. The molecule has 0 aliphatic heterocycles. The summed E-state index contributed by atoms with van der Waals surface area (Å²) >= 11 is 1.58. The predicted molar refractivity (Wildman–Crippen MR) is 126 cm³/mol. The Morgan fingerprint density at radius 1 is 0.970 bits per heavy atom. The lowest BCUT2D eigenvalue weighted by Crippen LogP contribution is -2.23. The van der Waals surface area contributed by atoms with Gasteiger partial charge in [-0.05, 0) is 55.8 Å². The van der Waals surface area contributed by atoms with E-state index in [1.807, 2.05) is 50.2 Å². The number of amides is 2. The number of carbonyl (C=O) groups excluding carboxylic acids is 2. The molecule has 4 aromatic rings. The van der Waals surface area contributed by atoms with Crippen LogP contribution in [0.5, 0.6) is 0 Å². The molecule has 2 N–H and O–H groups in total. The smallest absolute Gasteiger partial charge is 0.291 e. The fourth-order valence-corrected chi connectivity index (χ4v) is 4.42. The van der Waals surface area contributed by atoms with Gasteiger partial charge >= 0.3 is 0 Å². The van der Waals surface area contributed by atoms with Crippen LogP contribution in [0.4, 0.5) is 5.69 Å². The van der Waals surface area contributed by atoms with Crippen LogP contribution in [0.25, 0.3) is 0 Å². The van der Waals surface area contributed by atoms with Crippen molar-refractivity contribution in [3.05, 3.63) is 101 Å². The molecule has 0 aliphatic carbocycles. The minimum atomic E-state index is -0.313. The van der Waals surface area contributed by atoms with Gasteiger partial charge in [0.1, 0.15) is 5.76 Å². The second-order valence-corrected chi connectivity index (χ2v) is 8.42. The first-order valence-corrected chi connectivity index (χ1v) is 11.4. The van der Waals surface area contributed by atoms with Gasteiger partial charge in [0.15, 0.2) is 5.76 Å². The van der Waals surface area contributed by atoms with E-state index in [1.165, 1.54) is 6.26 Å². The number of hydrogen-bond acceptors (Lipinski definition) is 6. The summed E-state index contributed by atoms with van der Waals surface area (Å²) in [4.78, 5) is 25.8. The lowest BCUT2D eigenvalue weighted by Gasteiger charge is -2.11. The summed E-state index contributed by atoms with van der Waals surface area (Å²) in [5, 5.41) is 9.73. The number of nitrogens with one attached hydrogen (secondary N) is 2. The zero-order chi connectivity index (χ0) is 23.2. The Bertz CT molecular complexity index is 1230. The van der Waals surface area contributed by atoms with Gasteiger partial charge in [0.05, 0.1) is 17.5 Å². The first kappa shape index (κ1) is 22.4. The van der Waals surface area contributed by atoms with Crippen LogP contribution in [0, 0.1) is 13.8 Å². The van der Waals surface area contributed by atoms with Crippen LogP contribution in [0.15, 0.2) is 80.8 Å². The third kappa shape index (κ3) is 5.53. The third-order valence-electron chi connectivity index (χ3n) is 5.09. The van der Waals surface area contributed by atoms with Gasteiger partial charge in [0, 0.05) is 28.4 Å². The van der Waals surface area contributed by atoms with E-state index in [4.69, 9.17) is 8.94 Å². The van der Waals surface area contributed by atoms with E-state index in [0.717, 1.165) is 27.5 Å². The molecule has 8 heteroatoms. The molecule has 0 bridgehead atoms. The largest absolute Gasteiger partial charge is 0.459 e. The van der Waals surface area contributed by atoms with Crippen molar-refractivity contribution >= 4 is 29.3 Å². The highest BCUT2D eigenvalue weighted by Crippen LogP contribution is 2.28. The molecule has 2 aromatic carbocycles. The Kier molecular flexibility index (Phi) is 6.95. The van der Waals surface area contributed by atoms with E-state index < -0.39 is 0 Å². The summed E-state index contributed by atoms with van der Waals surface area (Å²) in [6.45, 7) is 4.18. The molecular weight excluding hydrogens is 438 g/mol. The Morgan fingerprint density at radius 3 is 2.45 bits per heavy atom. The van der Waals surface area contributed by atoms with Gasteiger partial charge in [0.25, 0.3) is 11.8 Å². The van der Waals surface area contributed by atoms with Crippen molar-refractivity contribution in [3.8, 4) is 0 Å². The molecule has 7 nitrogen and oxygen atoms in total. The molecule has 2 aromatic heterocycles. The van der Waals surface area contributed by atoms with Crippen LogP contribution in [0.1, 0.15) is 43.5 Å². The summed E-state index contributed by atoms with van der Waals surface area (Å²) < 4.78 is 10.3. The lowest BCUT2D eigenvalue weighted by atomic mass is 10.1. The van der Waals surface area contributed by atoms with Crippen molar-refractivity contribution in [2.45, 2.75) is 31.0 Å². The number of carbonyl (C=O) groups is 2. The van der Waals surface area contributed by atoms with Gasteiger partial charge in [-0.3, -0.25) is 9.59 Å². The van der Waals surface area contributed by atoms with E-state index in [2.05, 4.69) is 15.8 Å². The first-order chi connectivity index (χ1) is 16.0. The quantitative estimate of drug-likeness (QED) is 0.343. The molecular formula is C25H23N3O4S. The highest BCUT2D eigenvalue weighted by molar-refractivity contribution is 7.98. The second kappa shape index (κ2) is 10.2. The molecule has 0 unspecified atom stereocenters. The van der Waals surface area contributed by atoms with Gasteiger partial charge in [-0.15, -0.1) is 11.8 Å². The van der Waals surface area contributed by atoms with Gasteiger partial charge in [0.2, 0.25) is 0 Å². The van der Waals surface area contributed by atoms with Crippen LogP contribution in [-0.4, -0.2) is 17.0 Å². The van der Waals surface area contributed by atoms with Crippen molar-refractivity contribution < 1.29 is 18.5 Å². The average molecular weight is 462 g/mol. The second-order valence-electron chi connectivity index (χ2n) is 7.40. The molecule has 168 valence electrons. The fourth-order valence-electron chi connectivity index (χ4n) is 3.22. The van der Waals surface area contributed by atoms with Crippen LogP contribution >= 0.6 is 11.8 Å². The van der Waals surface area contributed by atoms with Gasteiger partial charge in [-0.25, -0.2) is 0 Å². The van der Waals surface area contributed by atoms with Crippen molar-refractivity contribution in [1.82, 2.24) is 10.5 Å². The molecule has 0 saturated carbocycles. The zero-order valence-electron chi connectivity index (χ0n) is 18.3. The number of hydrogen-bond donors (Lipinski definition) is 2. The number of aryl methyl sites for hydroxylation is 2. The fraction of sp³-hybridized carbons (Fsp3) is 0.160. The highest BCUT2D eigenvalue weighted by atomic mass is 32.2. The molecule has 0 saturated heterocycles. The molecule has 0 aliphatic rings. The van der Waals surface area contributed by atoms with Crippen molar-refractivity contribution in [2.75, 3.05) is 5.32 Å². The maximum absolute atomic E-state index is 12.9. The first-order valence-electron chi connectivity index (χ1n) is 10.4. The highest BCUT2D eigenvalue weighted by Gasteiger charge is 2.14. The number of anilines is 1. The summed E-state index contributed by atoms with van der Waals surface area (Å²) in [5.74, 6) is 1.26. The monoisotopic (exact) mass is 461 g/mol. The minimum Gasteiger partial charge on any atom is -0.459 e. The van der Waals surface area contributed by atoms with E-state index >= 15 is 0 Å². The Labute approximate surface area is 195 Å². The van der Waals surface area contributed by atoms with E-state index in [-0.39, 0.29) is 17.6 Å². The molecule has 0 radical (unpaired) electrons. The number of nitrogens with zero attached hydrogens (tertiary/aromatic N) is 1. The molecule has 0 atom stereocenters. The number of benzene rings is 2. The van der Waals surface area contributed by atoms with Crippen LogP contribution in [0.3, 0.4) is 0 Å². The van der Waals surface area contributed by atoms with E-state index in [9.17, 15) is 9.59 Å². The minimum absolute atomic E-state index is 0.146. The summed E-state index contributed by atoms with van der Waals surface area (Å²) in [5.41, 5.74) is 4.10. The number of rotatable bonds is 8. The van der Waals surface area contributed by atoms with Gasteiger partial charge < -0.3 is 19.6 Å². The van der Waals surface area contributed by atoms with Crippen molar-refractivity contribution in [2.24, 2.45) is 0 Å². The van der Waals surface area contributed by atoms with Crippen LogP contribution in [0.2, 0.25) is 0 Å². The normalized spacial score (nSPS) is 10.7. The van der Waals surface area contributed by atoms with E-state index in [0.29, 0.717) is 23.5 Å². The Hall–Kier alpha value is -3.78. The number of thioether (sulfide) groups is 1. The van der Waals surface area contributed by atoms with Crippen LogP contribution in [-0.2, 0) is 12.3 Å². The maximum atomic E-state index is 12.9. The number of furan rings is 1. The van der Waals surface area contributed by atoms with Crippen LogP contribution < -0.4 is 10.6 Å². The summed E-state index contributed by atoms with van der Waals surface area (Å²) in [7, 11) is 0. The zero-order valence-corrected chi connectivity index (χ0v) is 19.1. The molecule has 2 heterocycles. The van der Waals surface area contributed by atoms with Gasteiger partial charge in [-0.1, -0.05) is 29.4 Å². The summed E-state index contributed by atoms with van der Waals surface area (Å²) in [6, 6.07) is 18.1. The molecule has 4 rings (SSSR count). The van der Waals surface area contributed by atoms with Crippen molar-refractivity contribution in [1.29, 1.82) is 0 Å². The standard InChI is InChI=1S/C25H23N3O4S/c1-16-21(17(2)32-28-16)15-33-23-8-4-3-6-20(23)24(29)26-14-18-9-11-19(12-10-18)27-25(30)22-7-5-13-31-22/h3-13H,14-15H2,1-2H3,(H,26,29)(H,27,30). The summed E-state index contributed by atoms with van der Waals surface area (Å²) in [6.07, 6.45) is 1.45. The predicted octanol–water partition coefficient (Wildman–Crippen LogP) is 5.36. The Balaban J connectivity index is 1.34. The Morgan fingerprint density at radius 2 is 1.76 bits per heavy atom. The maximum Gasteiger partial charge on any atom is 0.291 e. The lowest BCUT2D eigenvalue weighted by molar-refractivity contribution is 0.0947.